The van der Waals surface area contributed by atoms with E-state index in [-0.39, 0.29) is 5.91 Å². The van der Waals surface area contributed by atoms with Gasteiger partial charge in [0.2, 0.25) is 0 Å². The number of thioether (sulfide) groups is 1. The summed E-state index contributed by atoms with van der Waals surface area (Å²) in [5, 5.41) is 0. The Kier molecular flexibility index (Phi) is 4.20. The third kappa shape index (κ3) is 2.93. The van der Waals surface area contributed by atoms with E-state index in [1.54, 1.807) is 18.1 Å². The number of hydrogen-bond donors (Lipinski definition) is 0. The molecule has 0 saturated heterocycles. The maximum absolute atomic E-state index is 12.8. The fourth-order valence-electron chi connectivity index (χ4n) is 2.53. The lowest BCUT2D eigenvalue weighted by Gasteiger charge is -2.28. The fourth-order valence-corrected chi connectivity index (χ4v) is 3.33. The van der Waals surface area contributed by atoms with Gasteiger partial charge in [-0.1, -0.05) is 19.1 Å². The normalized spacial score (nSPS) is 13.9. The van der Waals surface area contributed by atoms with Crippen molar-refractivity contribution in [3.63, 3.8) is 0 Å². The molecule has 1 aromatic heterocycles. The summed E-state index contributed by atoms with van der Waals surface area (Å²) in [6, 6.07) is 7.84. The van der Waals surface area contributed by atoms with Gasteiger partial charge in [-0.2, -0.15) is 0 Å². The molecule has 0 aliphatic carbocycles. The number of amides is 1. The number of hydrogen-bond acceptors (Lipinski definition) is 4. The Bertz CT molecular complexity index is 659. The molecule has 1 amide bonds. The highest BCUT2D eigenvalue weighted by Gasteiger charge is 2.24. The van der Waals surface area contributed by atoms with Crippen molar-refractivity contribution >= 4 is 17.7 Å². The van der Waals surface area contributed by atoms with Gasteiger partial charge in [0.1, 0.15) is 6.33 Å². The quantitative estimate of drug-likeness (QED) is 0.818. The van der Waals surface area contributed by atoms with Crippen molar-refractivity contribution < 1.29 is 4.79 Å². The lowest BCUT2D eigenvalue weighted by atomic mass is 10.1. The number of benzene rings is 1. The van der Waals surface area contributed by atoms with Crippen LogP contribution in [0, 0.1) is 0 Å². The van der Waals surface area contributed by atoms with Crippen LogP contribution in [0.15, 0.2) is 41.7 Å². The highest BCUT2D eigenvalue weighted by Crippen LogP contribution is 2.25. The first-order chi connectivity index (χ1) is 10.3. The van der Waals surface area contributed by atoms with E-state index in [4.69, 9.17) is 0 Å². The maximum atomic E-state index is 12.8. The van der Waals surface area contributed by atoms with Crippen LogP contribution in [-0.4, -0.2) is 33.1 Å². The Morgan fingerprint density at radius 1 is 1.38 bits per heavy atom. The molecule has 0 saturated carbocycles. The van der Waals surface area contributed by atoms with E-state index in [1.807, 2.05) is 35.4 Å². The molecule has 0 bridgehead atoms. The van der Waals surface area contributed by atoms with Gasteiger partial charge in [0.05, 0.1) is 11.3 Å². The van der Waals surface area contributed by atoms with Gasteiger partial charge in [0.25, 0.3) is 5.91 Å². The molecular weight excluding hydrogens is 282 g/mol. The van der Waals surface area contributed by atoms with Gasteiger partial charge in [0, 0.05) is 36.2 Å². The number of fused-ring (bicyclic) bond motifs is 1. The van der Waals surface area contributed by atoms with Crippen LogP contribution in [0.3, 0.4) is 0 Å². The first kappa shape index (κ1) is 14.1. The highest BCUT2D eigenvalue weighted by molar-refractivity contribution is 7.99. The van der Waals surface area contributed by atoms with Crippen molar-refractivity contribution in [1.29, 1.82) is 0 Å². The third-order valence-electron chi connectivity index (χ3n) is 3.57. The topological polar surface area (TPSA) is 46.1 Å². The van der Waals surface area contributed by atoms with Crippen LogP contribution < -0.4 is 0 Å². The first-order valence-corrected chi connectivity index (χ1v) is 8.07. The van der Waals surface area contributed by atoms with Crippen LogP contribution in [0.4, 0.5) is 0 Å². The average Bonchev–Trinajstić information content (AvgIpc) is 2.54. The predicted molar refractivity (Wildman–Crippen MR) is 83.3 cm³/mol. The summed E-state index contributed by atoms with van der Waals surface area (Å²) in [6.45, 7) is 3.41. The largest absolute Gasteiger partial charge is 0.334 e. The van der Waals surface area contributed by atoms with Crippen LogP contribution in [-0.2, 0) is 13.0 Å². The Morgan fingerprint density at radius 2 is 2.24 bits per heavy atom. The van der Waals surface area contributed by atoms with E-state index in [0.29, 0.717) is 13.1 Å². The molecule has 0 unspecified atom stereocenters. The molecule has 3 rings (SSSR count). The second-order valence-electron chi connectivity index (χ2n) is 4.90. The number of rotatable bonds is 3. The van der Waals surface area contributed by atoms with E-state index in [1.165, 1.54) is 0 Å². The van der Waals surface area contributed by atoms with E-state index in [2.05, 4.69) is 16.9 Å². The Morgan fingerprint density at radius 3 is 3.10 bits per heavy atom. The van der Waals surface area contributed by atoms with Crippen molar-refractivity contribution in [1.82, 2.24) is 14.9 Å². The molecule has 108 valence electrons. The minimum atomic E-state index is 0.0982. The predicted octanol–water partition coefficient (Wildman–Crippen LogP) is 2.79. The number of carbonyl (C=O) groups excluding carboxylic acids is 1. The SMILES string of the molecule is CCSc1ccccc1C(=O)N1CCc2ncncc2C1. The van der Waals surface area contributed by atoms with Gasteiger partial charge >= 0.3 is 0 Å². The van der Waals surface area contributed by atoms with Crippen LogP contribution in [0.1, 0.15) is 28.5 Å². The van der Waals surface area contributed by atoms with Crippen molar-refractivity contribution in [3.8, 4) is 0 Å². The zero-order chi connectivity index (χ0) is 14.7. The van der Waals surface area contributed by atoms with E-state index >= 15 is 0 Å². The van der Waals surface area contributed by atoms with Crippen LogP contribution in [0.25, 0.3) is 0 Å². The molecule has 0 N–H and O–H groups in total. The smallest absolute Gasteiger partial charge is 0.255 e. The van der Waals surface area contributed by atoms with Crippen molar-refractivity contribution in [2.75, 3.05) is 12.3 Å². The lowest BCUT2D eigenvalue weighted by molar-refractivity contribution is 0.0729. The van der Waals surface area contributed by atoms with E-state index in [9.17, 15) is 4.79 Å². The van der Waals surface area contributed by atoms with Crippen LogP contribution in [0.2, 0.25) is 0 Å². The first-order valence-electron chi connectivity index (χ1n) is 7.08. The molecule has 1 aliphatic heterocycles. The molecule has 1 aliphatic rings. The number of aromatic nitrogens is 2. The van der Waals surface area contributed by atoms with Crippen molar-refractivity contribution in [2.24, 2.45) is 0 Å². The van der Waals surface area contributed by atoms with Gasteiger partial charge in [0.15, 0.2) is 0 Å². The summed E-state index contributed by atoms with van der Waals surface area (Å²) < 4.78 is 0. The summed E-state index contributed by atoms with van der Waals surface area (Å²) >= 11 is 1.71. The molecule has 0 atom stereocenters. The minimum Gasteiger partial charge on any atom is -0.334 e. The van der Waals surface area contributed by atoms with Crippen molar-refractivity contribution in [2.45, 2.75) is 24.8 Å². The van der Waals surface area contributed by atoms with Gasteiger partial charge in [-0.15, -0.1) is 11.8 Å². The standard InChI is InChI=1S/C16H17N3OS/c1-2-21-15-6-4-3-5-13(15)16(20)19-8-7-14-12(10-19)9-17-11-18-14/h3-6,9,11H,2,7-8,10H2,1H3. The van der Waals surface area contributed by atoms with Gasteiger partial charge in [-0.05, 0) is 17.9 Å². The highest BCUT2D eigenvalue weighted by atomic mass is 32.2. The molecular formula is C16H17N3OS. The minimum absolute atomic E-state index is 0.0982. The van der Waals surface area contributed by atoms with Crippen molar-refractivity contribution in [3.05, 3.63) is 53.6 Å². The Hall–Kier alpha value is -1.88. The molecule has 0 fully saturated rings. The zero-order valence-corrected chi connectivity index (χ0v) is 12.8. The third-order valence-corrected chi connectivity index (χ3v) is 4.52. The average molecular weight is 299 g/mol. The molecule has 4 nitrogen and oxygen atoms in total. The molecule has 0 radical (unpaired) electrons. The summed E-state index contributed by atoms with van der Waals surface area (Å²) in [4.78, 5) is 24.1. The lowest BCUT2D eigenvalue weighted by Crippen LogP contribution is -2.36. The Balaban J connectivity index is 1.84. The molecule has 5 heteroatoms. The van der Waals surface area contributed by atoms with E-state index in [0.717, 1.165) is 33.9 Å². The van der Waals surface area contributed by atoms with Gasteiger partial charge < -0.3 is 4.90 Å². The van der Waals surface area contributed by atoms with Crippen LogP contribution in [0.5, 0.6) is 0 Å². The molecule has 0 spiro atoms. The number of nitrogens with zero attached hydrogens (tertiary/aromatic N) is 3. The maximum Gasteiger partial charge on any atom is 0.255 e. The summed E-state index contributed by atoms with van der Waals surface area (Å²) in [6.07, 6.45) is 4.19. The second kappa shape index (κ2) is 6.26. The second-order valence-corrected chi connectivity index (χ2v) is 6.21. The van der Waals surface area contributed by atoms with Gasteiger partial charge in [-0.3, -0.25) is 4.79 Å². The summed E-state index contributed by atoms with van der Waals surface area (Å²) in [5.41, 5.74) is 2.91. The molecule has 2 aromatic rings. The monoisotopic (exact) mass is 299 g/mol. The Labute approximate surface area is 128 Å². The molecule has 1 aromatic carbocycles. The van der Waals surface area contributed by atoms with Crippen LogP contribution >= 0.6 is 11.8 Å². The fraction of sp³-hybridized carbons (Fsp3) is 0.312. The zero-order valence-electron chi connectivity index (χ0n) is 12.0. The molecule has 2 heterocycles. The summed E-state index contributed by atoms with van der Waals surface area (Å²) in [7, 11) is 0. The summed E-state index contributed by atoms with van der Waals surface area (Å²) in [5.74, 6) is 1.06. The van der Waals surface area contributed by atoms with E-state index < -0.39 is 0 Å². The van der Waals surface area contributed by atoms with Gasteiger partial charge in [-0.25, -0.2) is 9.97 Å². The molecule has 21 heavy (non-hydrogen) atoms. The number of carbonyl (C=O) groups is 1.